The molecule has 5 heteroatoms. The molecular formula is C21H29F3O2. The molecule has 2 aliphatic rings. The topological polar surface area (TPSA) is 18.5 Å². The first kappa shape index (κ1) is 19.7. The molecule has 146 valence electrons. The van der Waals surface area contributed by atoms with Crippen molar-refractivity contribution in [2.24, 2.45) is 5.92 Å². The molecule has 1 aromatic rings. The van der Waals surface area contributed by atoms with Crippen LogP contribution >= 0.6 is 0 Å². The van der Waals surface area contributed by atoms with Gasteiger partial charge in [-0.1, -0.05) is 32.4 Å². The Morgan fingerprint density at radius 3 is 2.23 bits per heavy atom. The van der Waals surface area contributed by atoms with Gasteiger partial charge in [-0.2, -0.15) is 0 Å². The fourth-order valence-electron chi connectivity index (χ4n) is 4.31. The van der Waals surface area contributed by atoms with Crippen molar-refractivity contribution in [1.82, 2.24) is 0 Å². The first-order valence-corrected chi connectivity index (χ1v) is 9.86. The second-order valence-corrected chi connectivity index (χ2v) is 7.80. The highest BCUT2D eigenvalue weighted by Gasteiger charge is 2.40. The normalized spacial score (nSPS) is 32.6. The lowest BCUT2D eigenvalue weighted by molar-refractivity contribution is -0.257. The number of benzene rings is 1. The van der Waals surface area contributed by atoms with Gasteiger partial charge in [-0.05, 0) is 55.6 Å². The van der Waals surface area contributed by atoms with Crippen LogP contribution in [0.2, 0.25) is 0 Å². The smallest absolute Gasteiger partial charge is 0.162 e. The summed E-state index contributed by atoms with van der Waals surface area (Å²) in [5.41, 5.74) is -0.468. The average molecular weight is 370 g/mol. The first-order valence-electron chi connectivity index (χ1n) is 9.86. The highest BCUT2D eigenvalue weighted by Crippen LogP contribution is 2.41. The van der Waals surface area contributed by atoms with E-state index < -0.39 is 17.3 Å². The molecule has 1 saturated heterocycles. The summed E-state index contributed by atoms with van der Waals surface area (Å²) in [4.78, 5) is 0. The van der Waals surface area contributed by atoms with Gasteiger partial charge in [0.15, 0.2) is 23.6 Å². The Labute approximate surface area is 154 Å². The molecule has 1 aliphatic heterocycles. The average Bonchev–Trinajstić information content (AvgIpc) is 2.65. The molecule has 3 rings (SSSR count). The van der Waals surface area contributed by atoms with E-state index in [-0.39, 0.29) is 31.3 Å². The van der Waals surface area contributed by atoms with Gasteiger partial charge in [0.25, 0.3) is 0 Å². The fourth-order valence-corrected chi connectivity index (χ4v) is 4.31. The lowest BCUT2D eigenvalue weighted by Crippen LogP contribution is -2.46. The zero-order valence-electron chi connectivity index (χ0n) is 15.7. The maximum Gasteiger partial charge on any atom is 0.162 e. The zero-order chi connectivity index (χ0) is 18.7. The molecule has 1 aliphatic carbocycles. The maximum atomic E-state index is 14.4. The third kappa shape index (κ3) is 4.09. The van der Waals surface area contributed by atoms with Crippen molar-refractivity contribution >= 4 is 0 Å². The Hall–Kier alpha value is -1.07. The van der Waals surface area contributed by atoms with Gasteiger partial charge >= 0.3 is 0 Å². The summed E-state index contributed by atoms with van der Waals surface area (Å²) >= 11 is 0. The molecule has 0 bridgehead atoms. The molecule has 2 nitrogen and oxygen atoms in total. The van der Waals surface area contributed by atoms with Gasteiger partial charge in [0.2, 0.25) is 0 Å². The second-order valence-electron chi connectivity index (χ2n) is 7.80. The van der Waals surface area contributed by atoms with E-state index in [0.29, 0.717) is 24.0 Å². The lowest BCUT2D eigenvalue weighted by atomic mass is 9.78. The minimum absolute atomic E-state index is 0.0237. The van der Waals surface area contributed by atoms with E-state index in [1.807, 2.05) is 13.8 Å². The van der Waals surface area contributed by atoms with Crippen molar-refractivity contribution in [2.75, 3.05) is 13.2 Å². The number of hydrogen-bond acceptors (Lipinski definition) is 2. The summed E-state index contributed by atoms with van der Waals surface area (Å²) in [5.74, 6) is -1.18. The molecule has 1 saturated carbocycles. The summed E-state index contributed by atoms with van der Waals surface area (Å²) < 4.78 is 54.2. The van der Waals surface area contributed by atoms with Crippen LogP contribution in [-0.4, -0.2) is 25.2 Å². The largest absolute Gasteiger partial charge is 0.349 e. The van der Waals surface area contributed by atoms with Crippen LogP contribution in [0, 0.1) is 17.6 Å². The van der Waals surface area contributed by atoms with Gasteiger partial charge in [-0.15, -0.1) is 0 Å². The van der Waals surface area contributed by atoms with Crippen LogP contribution in [0.3, 0.4) is 0 Å². The lowest BCUT2D eigenvalue weighted by Gasteiger charge is -2.40. The quantitative estimate of drug-likeness (QED) is 0.664. The van der Waals surface area contributed by atoms with Gasteiger partial charge in [-0.25, -0.2) is 13.2 Å². The summed E-state index contributed by atoms with van der Waals surface area (Å²) in [6.07, 6.45) is 4.50. The number of rotatable bonds is 5. The summed E-state index contributed by atoms with van der Waals surface area (Å²) in [7, 11) is 0. The molecule has 0 unspecified atom stereocenters. The molecule has 0 aromatic heterocycles. The van der Waals surface area contributed by atoms with Crippen LogP contribution in [0.15, 0.2) is 12.1 Å². The van der Waals surface area contributed by atoms with Crippen molar-refractivity contribution in [1.29, 1.82) is 0 Å². The van der Waals surface area contributed by atoms with Gasteiger partial charge in [0, 0.05) is 5.92 Å². The monoisotopic (exact) mass is 370 g/mol. The van der Waals surface area contributed by atoms with E-state index in [0.717, 1.165) is 32.1 Å². The zero-order valence-corrected chi connectivity index (χ0v) is 15.7. The van der Waals surface area contributed by atoms with Crippen molar-refractivity contribution < 1.29 is 22.6 Å². The summed E-state index contributed by atoms with van der Waals surface area (Å²) in [6, 6.07) is 3.43. The van der Waals surface area contributed by atoms with E-state index in [1.54, 1.807) is 12.1 Å². The van der Waals surface area contributed by atoms with Gasteiger partial charge < -0.3 is 9.47 Å². The third-order valence-electron chi connectivity index (χ3n) is 5.88. The molecule has 26 heavy (non-hydrogen) atoms. The number of hydrogen-bond donors (Lipinski definition) is 0. The standard InChI is InChI=1S/C21H29F3O2/c1-3-11-21(24)12-25-20(26-13-21)16-7-5-15(6-8-16)17-10-9-14(4-2)18(22)19(17)23/h9-10,15-16,20H,3-8,11-13H2,1-2H3. The molecule has 1 aromatic carbocycles. The molecule has 0 amide bonds. The van der Waals surface area contributed by atoms with Crippen molar-refractivity contribution in [3.05, 3.63) is 34.9 Å². The molecular weight excluding hydrogens is 341 g/mol. The summed E-state index contributed by atoms with van der Waals surface area (Å²) in [5, 5.41) is 0. The third-order valence-corrected chi connectivity index (χ3v) is 5.88. The highest BCUT2D eigenvalue weighted by atomic mass is 19.2. The number of halogens is 3. The van der Waals surface area contributed by atoms with E-state index in [1.165, 1.54) is 0 Å². The Bertz CT molecular complexity index is 604. The molecule has 0 atom stereocenters. The van der Waals surface area contributed by atoms with Crippen molar-refractivity contribution in [3.63, 3.8) is 0 Å². The predicted molar refractivity (Wildman–Crippen MR) is 94.9 cm³/mol. The Kier molecular flexibility index (Phi) is 6.29. The van der Waals surface area contributed by atoms with Crippen LogP contribution in [0.5, 0.6) is 0 Å². The van der Waals surface area contributed by atoms with Crippen LogP contribution < -0.4 is 0 Å². The predicted octanol–water partition coefficient (Wildman–Crippen LogP) is 5.68. The van der Waals surface area contributed by atoms with E-state index in [9.17, 15) is 13.2 Å². The molecule has 2 fully saturated rings. The van der Waals surface area contributed by atoms with E-state index >= 15 is 0 Å². The summed E-state index contributed by atoms with van der Waals surface area (Å²) in [6.45, 7) is 3.94. The van der Waals surface area contributed by atoms with Crippen LogP contribution in [-0.2, 0) is 15.9 Å². The number of aryl methyl sites for hydroxylation is 1. The highest BCUT2D eigenvalue weighted by molar-refractivity contribution is 5.29. The van der Waals surface area contributed by atoms with Crippen molar-refractivity contribution in [3.8, 4) is 0 Å². The maximum absolute atomic E-state index is 14.4. The number of ether oxygens (including phenoxy) is 2. The van der Waals surface area contributed by atoms with Gasteiger partial charge in [-0.3, -0.25) is 0 Å². The van der Waals surface area contributed by atoms with E-state index in [4.69, 9.17) is 9.47 Å². The van der Waals surface area contributed by atoms with Crippen LogP contribution in [0.25, 0.3) is 0 Å². The van der Waals surface area contributed by atoms with Crippen molar-refractivity contribution in [2.45, 2.75) is 76.7 Å². The molecule has 0 N–H and O–H groups in total. The first-order chi connectivity index (χ1) is 12.5. The van der Waals surface area contributed by atoms with E-state index in [2.05, 4.69) is 0 Å². The molecule has 1 heterocycles. The van der Waals surface area contributed by atoms with Crippen LogP contribution in [0.4, 0.5) is 13.2 Å². The number of alkyl halides is 1. The Balaban J connectivity index is 1.56. The fraction of sp³-hybridized carbons (Fsp3) is 0.714. The molecule has 0 radical (unpaired) electrons. The van der Waals surface area contributed by atoms with Gasteiger partial charge in [0.1, 0.15) is 0 Å². The minimum atomic E-state index is -1.37. The van der Waals surface area contributed by atoms with Gasteiger partial charge in [0.05, 0.1) is 13.2 Å². The van der Waals surface area contributed by atoms with Crippen LogP contribution in [0.1, 0.15) is 69.4 Å². The molecule has 0 spiro atoms. The SMILES string of the molecule is CCCC1(F)COC(C2CCC(c3ccc(CC)c(F)c3F)CC2)OC1. The second kappa shape index (κ2) is 8.30. The Morgan fingerprint density at radius 2 is 1.65 bits per heavy atom. The minimum Gasteiger partial charge on any atom is -0.349 e. The Morgan fingerprint density at radius 1 is 1.00 bits per heavy atom.